The van der Waals surface area contributed by atoms with Crippen LogP contribution in [-0.2, 0) is 0 Å². The van der Waals surface area contributed by atoms with Crippen molar-refractivity contribution in [3.05, 3.63) is 58.2 Å². The number of hydrogen-bond donors (Lipinski definition) is 0. The molecule has 0 radical (unpaired) electrons. The lowest BCUT2D eigenvalue weighted by Crippen LogP contribution is -1.92. The summed E-state index contributed by atoms with van der Waals surface area (Å²) in [5.74, 6) is 1.82. The average molecular weight is 365 g/mol. The maximum atomic E-state index is 6.16. The second-order valence-corrected chi connectivity index (χ2v) is 5.67. The summed E-state index contributed by atoms with van der Waals surface area (Å²) < 4.78 is 12.1. The Morgan fingerprint density at radius 3 is 2.71 bits per heavy atom. The van der Waals surface area contributed by atoms with E-state index in [1.54, 1.807) is 19.4 Å². The van der Waals surface area contributed by atoms with Gasteiger partial charge in [0.05, 0.1) is 12.1 Å². The summed E-state index contributed by atoms with van der Waals surface area (Å²) in [7, 11) is 1.64. The maximum absolute atomic E-state index is 6.16. The molecule has 0 unspecified atom stereocenters. The van der Waals surface area contributed by atoms with E-state index in [2.05, 4.69) is 20.9 Å². The minimum atomic E-state index is 0.492. The Morgan fingerprint density at radius 1 is 1.05 bits per heavy atom. The van der Waals surface area contributed by atoms with Gasteiger partial charge in [0.2, 0.25) is 5.88 Å². The Morgan fingerprint density at radius 2 is 1.90 bits per heavy atom. The first-order valence-corrected chi connectivity index (χ1v) is 7.41. The average Bonchev–Trinajstić information content (AvgIpc) is 2.50. The second-order valence-electron chi connectivity index (χ2n) is 4.35. The van der Waals surface area contributed by atoms with Gasteiger partial charge in [-0.05, 0) is 36.4 Å². The number of rotatable bonds is 3. The van der Waals surface area contributed by atoms with Crippen molar-refractivity contribution < 1.29 is 9.47 Å². The smallest absolute Gasteiger partial charge is 0.227 e. The number of aromatic nitrogens is 1. The van der Waals surface area contributed by atoms with Crippen molar-refractivity contribution in [3.63, 3.8) is 0 Å². The third-order valence-corrected chi connectivity index (χ3v) is 3.85. The van der Waals surface area contributed by atoms with Gasteiger partial charge in [0, 0.05) is 21.4 Å². The predicted octanol–water partition coefficient (Wildman–Crippen LogP) is 5.45. The third-order valence-electron chi connectivity index (χ3n) is 3.05. The Bertz CT molecular complexity index is 807. The van der Waals surface area contributed by atoms with Crippen molar-refractivity contribution in [1.29, 1.82) is 0 Å². The highest BCUT2D eigenvalue weighted by Gasteiger charge is 2.10. The van der Waals surface area contributed by atoms with Gasteiger partial charge in [-0.3, -0.25) is 0 Å². The fourth-order valence-corrected chi connectivity index (χ4v) is 2.57. The van der Waals surface area contributed by atoms with Gasteiger partial charge in [-0.1, -0.05) is 33.6 Å². The topological polar surface area (TPSA) is 31.4 Å². The van der Waals surface area contributed by atoms with E-state index in [-0.39, 0.29) is 0 Å². The Balaban J connectivity index is 2.11. The summed E-state index contributed by atoms with van der Waals surface area (Å²) in [5, 5.41) is 2.34. The van der Waals surface area contributed by atoms with Crippen LogP contribution in [0.2, 0.25) is 5.02 Å². The van der Waals surface area contributed by atoms with Gasteiger partial charge < -0.3 is 9.47 Å². The second kappa shape index (κ2) is 5.92. The molecule has 0 aliphatic rings. The van der Waals surface area contributed by atoms with Crippen molar-refractivity contribution in [3.8, 4) is 17.4 Å². The number of methoxy groups -OCH3 is 1. The molecule has 3 nitrogen and oxygen atoms in total. The van der Waals surface area contributed by atoms with Gasteiger partial charge in [-0.2, -0.15) is 0 Å². The molecular formula is C16H11BrClNO2. The SMILES string of the molecule is COc1cccc2c(Oc3cc(Br)ccc3Cl)nccc12. The molecule has 0 aliphatic heterocycles. The van der Waals surface area contributed by atoms with Crippen LogP contribution in [-0.4, -0.2) is 12.1 Å². The van der Waals surface area contributed by atoms with E-state index in [4.69, 9.17) is 21.1 Å². The summed E-state index contributed by atoms with van der Waals surface area (Å²) >= 11 is 9.56. The molecule has 0 aliphatic carbocycles. The highest BCUT2D eigenvalue weighted by molar-refractivity contribution is 9.10. The lowest BCUT2D eigenvalue weighted by atomic mass is 10.1. The van der Waals surface area contributed by atoms with Crippen LogP contribution in [0.1, 0.15) is 0 Å². The highest BCUT2D eigenvalue weighted by Crippen LogP contribution is 2.36. The molecule has 0 spiro atoms. The van der Waals surface area contributed by atoms with E-state index in [1.165, 1.54) is 0 Å². The first kappa shape index (κ1) is 14.2. The molecule has 0 fully saturated rings. The molecule has 0 saturated carbocycles. The van der Waals surface area contributed by atoms with Crippen molar-refractivity contribution in [2.24, 2.45) is 0 Å². The van der Waals surface area contributed by atoms with Gasteiger partial charge in [0.25, 0.3) is 0 Å². The number of pyridine rings is 1. The summed E-state index contributed by atoms with van der Waals surface area (Å²) in [6, 6.07) is 13.1. The molecule has 5 heteroatoms. The minimum absolute atomic E-state index is 0.492. The highest BCUT2D eigenvalue weighted by atomic mass is 79.9. The van der Waals surface area contributed by atoms with Crippen LogP contribution in [0, 0.1) is 0 Å². The molecule has 0 amide bonds. The molecule has 3 rings (SSSR count). The zero-order valence-electron chi connectivity index (χ0n) is 11.1. The number of fused-ring (bicyclic) bond motifs is 1. The van der Waals surface area contributed by atoms with E-state index < -0.39 is 0 Å². The van der Waals surface area contributed by atoms with Crippen LogP contribution in [0.25, 0.3) is 10.8 Å². The maximum Gasteiger partial charge on any atom is 0.227 e. The van der Waals surface area contributed by atoms with Crippen LogP contribution in [0.3, 0.4) is 0 Å². The largest absolute Gasteiger partial charge is 0.496 e. The van der Waals surface area contributed by atoms with Crippen LogP contribution in [0.15, 0.2) is 53.1 Å². The first-order chi connectivity index (χ1) is 10.2. The third kappa shape index (κ3) is 2.82. The first-order valence-electron chi connectivity index (χ1n) is 6.23. The molecule has 1 heterocycles. The molecule has 2 aromatic carbocycles. The standard InChI is InChI=1S/C16H11BrClNO2/c1-20-14-4-2-3-12-11(14)7-8-19-16(12)21-15-9-10(17)5-6-13(15)18/h2-9H,1H3. The summed E-state index contributed by atoms with van der Waals surface area (Å²) in [6.45, 7) is 0. The fourth-order valence-electron chi connectivity index (χ4n) is 2.07. The molecule has 106 valence electrons. The molecule has 3 aromatic rings. The van der Waals surface area contributed by atoms with Gasteiger partial charge in [0.1, 0.15) is 11.5 Å². The summed E-state index contributed by atoms with van der Waals surface area (Å²) in [6.07, 6.45) is 1.69. The van der Waals surface area contributed by atoms with Crippen molar-refractivity contribution in [2.45, 2.75) is 0 Å². The number of nitrogens with zero attached hydrogens (tertiary/aromatic N) is 1. The summed E-state index contributed by atoms with van der Waals surface area (Å²) in [4.78, 5) is 4.30. The van der Waals surface area contributed by atoms with Crippen molar-refractivity contribution >= 4 is 38.3 Å². The lowest BCUT2D eigenvalue weighted by molar-refractivity contribution is 0.419. The zero-order valence-corrected chi connectivity index (χ0v) is 13.5. The summed E-state index contributed by atoms with van der Waals surface area (Å²) in [5.41, 5.74) is 0. The van der Waals surface area contributed by atoms with Gasteiger partial charge in [-0.25, -0.2) is 4.98 Å². The Labute approximate surface area is 135 Å². The molecular weight excluding hydrogens is 354 g/mol. The predicted molar refractivity (Wildman–Crippen MR) is 87.5 cm³/mol. The quantitative estimate of drug-likeness (QED) is 0.619. The molecule has 1 aromatic heterocycles. The van der Waals surface area contributed by atoms with E-state index in [0.717, 1.165) is 21.0 Å². The Kier molecular flexibility index (Phi) is 3.99. The van der Waals surface area contributed by atoms with Crippen LogP contribution >= 0.6 is 27.5 Å². The van der Waals surface area contributed by atoms with Crippen molar-refractivity contribution in [2.75, 3.05) is 7.11 Å². The normalized spacial score (nSPS) is 10.6. The van der Waals surface area contributed by atoms with Gasteiger partial charge in [0.15, 0.2) is 0 Å². The van der Waals surface area contributed by atoms with Gasteiger partial charge >= 0.3 is 0 Å². The fraction of sp³-hybridized carbons (Fsp3) is 0.0625. The van der Waals surface area contributed by atoms with Gasteiger partial charge in [-0.15, -0.1) is 0 Å². The molecule has 0 bridgehead atoms. The number of ether oxygens (including phenoxy) is 2. The van der Waals surface area contributed by atoms with E-state index in [9.17, 15) is 0 Å². The molecule has 0 atom stereocenters. The van der Waals surface area contributed by atoms with Crippen LogP contribution < -0.4 is 9.47 Å². The lowest BCUT2D eigenvalue weighted by Gasteiger charge is -2.11. The monoisotopic (exact) mass is 363 g/mol. The number of benzene rings is 2. The van der Waals surface area contributed by atoms with Crippen LogP contribution in [0.5, 0.6) is 17.4 Å². The molecule has 21 heavy (non-hydrogen) atoms. The molecule has 0 saturated heterocycles. The van der Waals surface area contributed by atoms with E-state index in [0.29, 0.717) is 16.7 Å². The molecule has 0 N–H and O–H groups in total. The zero-order chi connectivity index (χ0) is 14.8. The minimum Gasteiger partial charge on any atom is -0.496 e. The Hall–Kier alpha value is -1.78. The van der Waals surface area contributed by atoms with Crippen LogP contribution in [0.4, 0.5) is 0 Å². The number of hydrogen-bond acceptors (Lipinski definition) is 3. The number of halogens is 2. The van der Waals surface area contributed by atoms with E-state index in [1.807, 2.05) is 36.4 Å². The van der Waals surface area contributed by atoms with E-state index >= 15 is 0 Å². The van der Waals surface area contributed by atoms with Crippen molar-refractivity contribution in [1.82, 2.24) is 4.98 Å².